The molecule has 0 radical (unpaired) electrons. The highest BCUT2D eigenvalue weighted by Crippen LogP contribution is 2.23. The van der Waals surface area contributed by atoms with E-state index in [-0.39, 0.29) is 18.5 Å². The van der Waals surface area contributed by atoms with Crippen LogP contribution >= 0.6 is 23.2 Å². The van der Waals surface area contributed by atoms with Gasteiger partial charge in [0.25, 0.3) is 5.91 Å². The summed E-state index contributed by atoms with van der Waals surface area (Å²) < 4.78 is 4.58. The number of ether oxygens (including phenoxy) is 1. The summed E-state index contributed by atoms with van der Waals surface area (Å²) in [7, 11) is 1.28. The molecule has 0 N–H and O–H groups in total. The summed E-state index contributed by atoms with van der Waals surface area (Å²) in [5, 5.41) is 0.677. The quantitative estimate of drug-likeness (QED) is 0.803. The summed E-state index contributed by atoms with van der Waals surface area (Å²) >= 11 is 11.7. The summed E-state index contributed by atoms with van der Waals surface area (Å²) in [6.45, 7) is 3.53. The normalized spacial score (nSPS) is 10.4. The zero-order chi connectivity index (χ0) is 14.6. The number of amides is 1. The highest BCUT2D eigenvalue weighted by molar-refractivity contribution is 6.42. The molecule has 4 nitrogen and oxygen atoms in total. The van der Waals surface area contributed by atoms with E-state index < -0.39 is 5.97 Å². The highest BCUT2D eigenvalue weighted by atomic mass is 35.5. The van der Waals surface area contributed by atoms with Gasteiger partial charge < -0.3 is 9.64 Å². The average Bonchev–Trinajstić information content (AvgIpc) is 2.37. The van der Waals surface area contributed by atoms with Gasteiger partial charge in [-0.3, -0.25) is 9.59 Å². The Kier molecular flexibility index (Phi) is 5.63. The molecule has 0 fully saturated rings. The Labute approximate surface area is 122 Å². The summed E-state index contributed by atoms with van der Waals surface area (Å²) in [6, 6.07) is 4.47. The van der Waals surface area contributed by atoms with Crippen LogP contribution in [0.2, 0.25) is 10.0 Å². The number of benzene rings is 1. The number of esters is 1. The monoisotopic (exact) mass is 303 g/mol. The molecule has 0 heterocycles. The van der Waals surface area contributed by atoms with E-state index in [2.05, 4.69) is 4.74 Å². The first-order valence-corrected chi connectivity index (χ1v) is 6.45. The van der Waals surface area contributed by atoms with E-state index in [0.717, 1.165) is 0 Å². The maximum absolute atomic E-state index is 12.3. The van der Waals surface area contributed by atoms with E-state index in [1.165, 1.54) is 18.1 Å². The van der Waals surface area contributed by atoms with Crippen LogP contribution in [0.25, 0.3) is 0 Å². The summed E-state index contributed by atoms with van der Waals surface area (Å²) in [5.41, 5.74) is 0.381. The first-order chi connectivity index (χ1) is 8.86. The Hall–Kier alpha value is -1.26. The molecule has 0 aliphatic heterocycles. The summed E-state index contributed by atoms with van der Waals surface area (Å²) in [4.78, 5) is 25.0. The summed E-state index contributed by atoms with van der Waals surface area (Å²) in [5.74, 6) is -0.763. The van der Waals surface area contributed by atoms with Crippen molar-refractivity contribution in [3.8, 4) is 0 Å². The van der Waals surface area contributed by atoms with Gasteiger partial charge in [-0.2, -0.15) is 0 Å². The minimum absolute atomic E-state index is 0.104. The maximum atomic E-state index is 12.3. The van der Waals surface area contributed by atoms with Gasteiger partial charge in [-0.1, -0.05) is 23.2 Å². The van der Waals surface area contributed by atoms with Crippen molar-refractivity contribution in [3.63, 3.8) is 0 Å². The van der Waals surface area contributed by atoms with E-state index in [1.54, 1.807) is 12.1 Å². The van der Waals surface area contributed by atoms with Gasteiger partial charge in [0.1, 0.15) is 6.54 Å². The van der Waals surface area contributed by atoms with Crippen LogP contribution in [-0.2, 0) is 9.53 Å². The Morgan fingerprint density at radius 3 is 2.37 bits per heavy atom. The van der Waals surface area contributed by atoms with Crippen LogP contribution in [0, 0.1) is 0 Å². The largest absolute Gasteiger partial charge is 0.468 e. The molecular formula is C13H15Cl2NO3. The molecule has 1 aromatic rings. The number of rotatable bonds is 4. The van der Waals surface area contributed by atoms with Crippen LogP contribution in [0.3, 0.4) is 0 Å². The molecule has 0 spiro atoms. The molecule has 0 unspecified atom stereocenters. The van der Waals surface area contributed by atoms with E-state index in [9.17, 15) is 9.59 Å². The lowest BCUT2D eigenvalue weighted by atomic mass is 10.1. The van der Waals surface area contributed by atoms with Crippen molar-refractivity contribution < 1.29 is 14.3 Å². The van der Waals surface area contributed by atoms with Crippen molar-refractivity contribution in [1.29, 1.82) is 0 Å². The van der Waals surface area contributed by atoms with Crippen molar-refractivity contribution in [2.75, 3.05) is 13.7 Å². The van der Waals surface area contributed by atoms with E-state index in [1.807, 2.05) is 13.8 Å². The number of hydrogen-bond acceptors (Lipinski definition) is 3. The van der Waals surface area contributed by atoms with E-state index in [4.69, 9.17) is 23.2 Å². The van der Waals surface area contributed by atoms with Gasteiger partial charge >= 0.3 is 5.97 Å². The Morgan fingerprint density at radius 2 is 1.89 bits per heavy atom. The van der Waals surface area contributed by atoms with Gasteiger partial charge in [0.2, 0.25) is 0 Å². The van der Waals surface area contributed by atoms with E-state index >= 15 is 0 Å². The Balaban J connectivity index is 2.99. The fourth-order valence-corrected chi connectivity index (χ4v) is 1.79. The second kappa shape index (κ2) is 6.78. The molecule has 1 aromatic carbocycles. The Bertz CT molecular complexity index is 489. The van der Waals surface area contributed by atoms with Crippen LogP contribution in [0.1, 0.15) is 24.2 Å². The SMILES string of the molecule is COC(=O)CN(C(=O)c1ccc(Cl)c(Cl)c1)C(C)C. The van der Waals surface area contributed by atoms with Crippen LogP contribution in [0.15, 0.2) is 18.2 Å². The smallest absolute Gasteiger partial charge is 0.325 e. The van der Waals surface area contributed by atoms with Gasteiger partial charge in [-0.15, -0.1) is 0 Å². The Morgan fingerprint density at radius 1 is 1.26 bits per heavy atom. The van der Waals surface area contributed by atoms with Crippen LogP contribution in [-0.4, -0.2) is 36.5 Å². The molecule has 0 aliphatic rings. The molecule has 0 aliphatic carbocycles. The van der Waals surface area contributed by atoms with Gasteiger partial charge in [0.15, 0.2) is 0 Å². The molecule has 0 bridgehead atoms. The van der Waals surface area contributed by atoms with Crippen LogP contribution in [0.4, 0.5) is 0 Å². The van der Waals surface area contributed by atoms with Crippen molar-refractivity contribution in [2.24, 2.45) is 0 Å². The molecule has 0 atom stereocenters. The van der Waals surface area contributed by atoms with Gasteiger partial charge in [-0.05, 0) is 32.0 Å². The molecule has 1 amide bonds. The highest BCUT2D eigenvalue weighted by Gasteiger charge is 2.22. The molecule has 0 aromatic heterocycles. The minimum Gasteiger partial charge on any atom is -0.468 e. The molecule has 19 heavy (non-hydrogen) atoms. The maximum Gasteiger partial charge on any atom is 0.325 e. The lowest BCUT2D eigenvalue weighted by Gasteiger charge is -2.25. The lowest BCUT2D eigenvalue weighted by Crippen LogP contribution is -2.41. The predicted molar refractivity (Wildman–Crippen MR) is 74.7 cm³/mol. The van der Waals surface area contributed by atoms with Crippen molar-refractivity contribution in [1.82, 2.24) is 4.90 Å². The third kappa shape index (κ3) is 4.11. The first kappa shape index (κ1) is 15.8. The molecule has 1 rings (SSSR count). The number of halogens is 2. The predicted octanol–water partition coefficient (Wildman–Crippen LogP) is 3.02. The number of carbonyl (C=O) groups is 2. The van der Waals surface area contributed by atoms with Gasteiger partial charge in [-0.25, -0.2) is 0 Å². The lowest BCUT2D eigenvalue weighted by molar-refractivity contribution is -0.141. The first-order valence-electron chi connectivity index (χ1n) is 5.69. The van der Waals surface area contributed by atoms with Crippen LogP contribution in [0.5, 0.6) is 0 Å². The van der Waals surface area contributed by atoms with Crippen molar-refractivity contribution in [3.05, 3.63) is 33.8 Å². The van der Waals surface area contributed by atoms with Gasteiger partial charge in [0.05, 0.1) is 17.2 Å². The standard InChI is InChI=1S/C13H15Cl2NO3/c1-8(2)16(7-12(17)19-3)13(18)9-4-5-10(14)11(15)6-9/h4-6,8H,7H2,1-3H3. The molecule has 0 saturated carbocycles. The molecule has 104 valence electrons. The average molecular weight is 304 g/mol. The van der Waals surface area contributed by atoms with Gasteiger partial charge in [0, 0.05) is 11.6 Å². The molecule has 6 heteroatoms. The third-order valence-corrected chi connectivity index (χ3v) is 3.32. The summed E-state index contributed by atoms with van der Waals surface area (Å²) in [6.07, 6.45) is 0. The molecular weight excluding hydrogens is 289 g/mol. The fourth-order valence-electron chi connectivity index (χ4n) is 1.49. The zero-order valence-electron chi connectivity index (χ0n) is 10.9. The molecule has 0 saturated heterocycles. The second-order valence-corrected chi connectivity index (χ2v) is 5.05. The van der Waals surface area contributed by atoms with Crippen molar-refractivity contribution >= 4 is 35.1 Å². The third-order valence-electron chi connectivity index (χ3n) is 2.58. The number of methoxy groups -OCH3 is 1. The number of hydrogen-bond donors (Lipinski definition) is 0. The van der Waals surface area contributed by atoms with E-state index in [0.29, 0.717) is 15.6 Å². The topological polar surface area (TPSA) is 46.6 Å². The zero-order valence-corrected chi connectivity index (χ0v) is 12.5. The second-order valence-electron chi connectivity index (χ2n) is 4.23. The van der Waals surface area contributed by atoms with Crippen molar-refractivity contribution in [2.45, 2.75) is 19.9 Å². The van der Waals surface area contributed by atoms with Crippen LogP contribution < -0.4 is 0 Å². The number of nitrogens with zero attached hydrogens (tertiary/aromatic N) is 1. The minimum atomic E-state index is -0.470. The number of carbonyl (C=O) groups excluding carboxylic acids is 2. The fraction of sp³-hybridized carbons (Fsp3) is 0.385.